The first-order valence-corrected chi connectivity index (χ1v) is 8.31. The standard InChI is InChI=1S/C16H16FN5O3.ClH/c17-10-5-9-12(23)11-15(24)20-25-16(11)22(8-1-2-8)13(9)19-14(10)21-4-3-7(18)6-21;/h5,7-8H,1-4,6,18H2,(H,20,24);1H. The molecule has 3 N–H and O–H groups in total. The van der Waals surface area contributed by atoms with E-state index in [-0.39, 0.29) is 46.8 Å². The lowest BCUT2D eigenvalue weighted by Crippen LogP contribution is -2.28. The van der Waals surface area contributed by atoms with Gasteiger partial charge in [0.25, 0.3) is 5.56 Å². The molecule has 10 heteroatoms. The van der Waals surface area contributed by atoms with Gasteiger partial charge in [-0.25, -0.2) is 9.37 Å². The van der Waals surface area contributed by atoms with Gasteiger partial charge in [0.2, 0.25) is 11.1 Å². The topological polar surface area (TPSA) is 110 Å². The van der Waals surface area contributed by atoms with Gasteiger partial charge in [0.05, 0.1) is 5.39 Å². The van der Waals surface area contributed by atoms with E-state index >= 15 is 0 Å². The van der Waals surface area contributed by atoms with Gasteiger partial charge in [-0.1, -0.05) is 0 Å². The van der Waals surface area contributed by atoms with Gasteiger partial charge in [-0.3, -0.25) is 14.2 Å². The third kappa shape index (κ3) is 2.34. The Hall–Kier alpha value is -2.39. The number of aromatic nitrogens is 3. The molecule has 8 nitrogen and oxygen atoms in total. The third-order valence-electron chi connectivity index (χ3n) is 4.97. The molecule has 5 rings (SSSR count). The van der Waals surface area contributed by atoms with Crippen LogP contribution in [0.15, 0.2) is 20.2 Å². The summed E-state index contributed by atoms with van der Waals surface area (Å²) < 4.78 is 21.6. The molecule has 0 radical (unpaired) electrons. The first-order valence-electron chi connectivity index (χ1n) is 8.31. The molecule has 0 bridgehead atoms. The highest BCUT2D eigenvalue weighted by Crippen LogP contribution is 2.39. The molecule has 1 saturated heterocycles. The minimum Gasteiger partial charge on any atom is -0.360 e. The van der Waals surface area contributed by atoms with Crippen molar-refractivity contribution in [3.05, 3.63) is 32.5 Å². The molecule has 0 amide bonds. The predicted octanol–water partition coefficient (Wildman–Crippen LogP) is 1.26. The second kappa shape index (κ2) is 5.82. The molecule has 0 spiro atoms. The lowest BCUT2D eigenvalue weighted by molar-refractivity contribution is 0.428. The van der Waals surface area contributed by atoms with Gasteiger partial charge >= 0.3 is 0 Å². The van der Waals surface area contributed by atoms with Crippen molar-refractivity contribution in [2.24, 2.45) is 5.73 Å². The predicted molar refractivity (Wildman–Crippen MR) is 96.7 cm³/mol. The quantitative estimate of drug-likeness (QED) is 0.691. The fraction of sp³-hybridized carbons (Fsp3) is 0.438. The highest BCUT2D eigenvalue weighted by molar-refractivity contribution is 5.90. The molecule has 1 aliphatic carbocycles. The van der Waals surface area contributed by atoms with E-state index in [1.54, 1.807) is 9.47 Å². The van der Waals surface area contributed by atoms with E-state index in [0.717, 1.165) is 19.3 Å². The number of H-pyrrole nitrogens is 1. The summed E-state index contributed by atoms with van der Waals surface area (Å²) in [5.74, 6) is -0.396. The zero-order valence-corrected chi connectivity index (χ0v) is 14.5. The Morgan fingerprint density at radius 3 is 2.73 bits per heavy atom. The summed E-state index contributed by atoms with van der Waals surface area (Å²) in [6, 6.07) is 1.25. The van der Waals surface area contributed by atoms with Gasteiger partial charge in [0.1, 0.15) is 5.65 Å². The van der Waals surface area contributed by atoms with Gasteiger partial charge in [0.15, 0.2) is 17.0 Å². The smallest absolute Gasteiger partial charge is 0.293 e. The number of nitrogens with one attached hydrogen (secondary N) is 1. The lowest BCUT2D eigenvalue weighted by atomic mass is 10.2. The number of rotatable bonds is 2. The Balaban J connectivity index is 0.00000168. The maximum atomic E-state index is 14.7. The van der Waals surface area contributed by atoms with E-state index in [1.165, 1.54) is 6.07 Å². The monoisotopic (exact) mass is 381 g/mol. The zero-order chi connectivity index (χ0) is 17.3. The Kier molecular flexibility index (Phi) is 3.81. The van der Waals surface area contributed by atoms with Crippen molar-refractivity contribution in [3.63, 3.8) is 0 Å². The minimum absolute atomic E-state index is 0. The van der Waals surface area contributed by atoms with E-state index in [4.69, 9.17) is 10.3 Å². The highest BCUT2D eigenvalue weighted by Gasteiger charge is 2.32. The normalized spacial score (nSPS) is 20.1. The van der Waals surface area contributed by atoms with Gasteiger partial charge in [-0.2, -0.15) is 5.16 Å². The average molecular weight is 382 g/mol. The summed E-state index contributed by atoms with van der Waals surface area (Å²) in [6.45, 7) is 1.14. The fourth-order valence-electron chi connectivity index (χ4n) is 3.59. The molecular formula is C16H17ClFN5O3. The average Bonchev–Trinajstić information content (AvgIpc) is 3.21. The number of hydrogen-bond acceptors (Lipinski definition) is 6. The Bertz CT molecular complexity index is 1130. The number of nitrogens with two attached hydrogens (primary N) is 1. The van der Waals surface area contributed by atoms with Crippen LogP contribution in [0, 0.1) is 5.82 Å². The van der Waals surface area contributed by atoms with Crippen LogP contribution in [0.4, 0.5) is 10.2 Å². The fourth-order valence-corrected chi connectivity index (χ4v) is 3.59. The summed E-state index contributed by atoms with van der Waals surface area (Å²) in [4.78, 5) is 30.9. The molecule has 0 aromatic carbocycles. The molecule has 26 heavy (non-hydrogen) atoms. The van der Waals surface area contributed by atoms with Crippen LogP contribution < -0.4 is 21.6 Å². The van der Waals surface area contributed by atoms with Crippen LogP contribution in [0.3, 0.4) is 0 Å². The van der Waals surface area contributed by atoms with Crippen LogP contribution in [0.5, 0.6) is 0 Å². The van der Waals surface area contributed by atoms with Crippen molar-refractivity contribution in [2.45, 2.75) is 31.3 Å². The molecule has 4 heterocycles. The summed E-state index contributed by atoms with van der Waals surface area (Å²) in [7, 11) is 0. The minimum atomic E-state index is -0.605. The maximum Gasteiger partial charge on any atom is 0.293 e. The van der Waals surface area contributed by atoms with Crippen molar-refractivity contribution in [2.75, 3.05) is 18.0 Å². The van der Waals surface area contributed by atoms with E-state index in [1.807, 2.05) is 0 Å². The summed E-state index contributed by atoms with van der Waals surface area (Å²) in [5.41, 5.74) is 5.27. The van der Waals surface area contributed by atoms with Crippen LogP contribution in [-0.2, 0) is 0 Å². The van der Waals surface area contributed by atoms with E-state index in [9.17, 15) is 14.0 Å². The van der Waals surface area contributed by atoms with Gasteiger partial charge in [0, 0.05) is 25.2 Å². The number of halogens is 2. The van der Waals surface area contributed by atoms with Gasteiger partial charge < -0.3 is 15.2 Å². The molecular weight excluding hydrogens is 365 g/mol. The van der Waals surface area contributed by atoms with Crippen molar-refractivity contribution >= 4 is 40.4 Å². The molecule has 138 valence electrons. The SMILES string of the molecule is Cl.NC1CCN(c2nc3c(cc2F)c(=O)c2c(=O)[nH]oc2n3C2CC2)C1. The van der Waals surface area contributed by atoms with Gasteiger partial charge in [-0.15, -0.1) is 12.4 Å². The largest absolute Gasteiger partial charge is 0.360 e. The first-order chi connectivity index (χ1) is 12.0. The molecule has 3 aromatic rings. The van der Waals surface area contributed by atoms with E-state index in [0.29, 0.717) is 18.7 Å². The number of pyridine rings is 2. The third-order valence-corrected chi connectivity index (χ3v) is 4.97. The number of nitrogens with zero attached hydrogens (tertiary/aromatic N) is 3. The summed E-state index contributed by atoms with van der Waals surface area (Å²) in [5, 5.41) is 2.21. The summed E-state index contributed by atoms with van der Waals surface area (Å²) in [6.07, 6.45) is 2.55. The molecule has 1 aliphatic heterocycles. The zero-order valence-electron chi connectivity index (χ0n) is 13.7. The second-order valence-electron chi connectivity index (χ2n) is 6.80. The molecule has 1 unspecified atom stereocenters. The van der Waals surface area contributed by atoms with Crippen LogP contribution >= 0.6 is 12.4 Å². The second-order valence-corrected chi connectivity index (χ2v) is 6.80. The molecule has 3 aromatic heterocycles. The Morgan fingerprint density at radius 1 is 1.31 bits per heavy atom. The van der Waals surface area contributed by atoms with Crippen molar-refractivity contribution in [1.29, 1.82) is 0 Å². The molecule has 1 atom stereocenters. The Labute approximate surface area is 152 Å². The van der Waals surface area contributed by atoms with Crippen LogP contribution in [-0.4, -0.2) is 33.8 Å². The number of aromatic amines is 1. The first kappa shape index (κ1) is 17.0. The molecule has 1 saturated carbocycles. The van der Waals surface area contributed by atoms with Crippen molar-refractivity contribution in [3.8, 4) is 0 Å². The van der Waals surface area contributed by atoms with E-state index < -0.39 is 16.8 Å². The lowest BCUT2D eigenvalue weighted by Gasteiger charge is -2.19. The highest BCUT2D eigenvalue weighted by atomic mass is 35.5. The molecule has 2 aliphatic rings. The summed E-state index contributed by atoms with van der Waals surface area (Å²) >= 11 is 0. The number of hydrogen-bond donors (Lipinski definition) is 2. The Morgan fingerprint density at radius 2 is 2.08 bits per heavy atom. The number of anilines is 1. The van der Waals surface area contributed by atoms with E-state index in [2.05, 4.69) is 10.1 Å². The molecule has 2 fully saturated rings. The van der Waals surface area contributed by atoms with Crippen molar-refractivity contribution < 1.29 is 8.91 Å². The number of fused-ring (bicyclic) bond motifs is 2. The van der Waals surface area contributed by atoms with Crippen LogP contribution in [0.1, 0.15) is 25.3 Å². The van der Waals surface area contributed by atoms with Crippen LogP contribution in [0.2, 0.25) is 0 Å². The van der Waals surface area contributed by atoms with Crippen molar-refractivity contribution in [1.82, 2.24) is 14.7 Å². The van der Waals surface area contributed by atoms with Gasteiger partial charge in [-0.05, 0) is 25.3 Å². The maximum absolute atomic E-state index is 14.7. The van der Waals surface area contributed by atoms with Crippen LogP contribution in [0.25, 0.3) is 22.1 Å².